The van der Waals surface area contributed by atoms with Gasteiger partial charge in [-0.25, -0.2) is 0 Å². The minimum atomic E-state index is 0.0595. The van der Waals surface area contributed by atoms with Crippen molar-refractivity contribution in [2.24, 2.45) is 5.92 Å². The highest BCUT2D eigenvalue weighted by Crippen LogP contribution is 2.29. The van der Waals surface area contributed by atoms with Crippen molar-refractivity contribution in [1.82, 2.24) is 0 Å². The SMILES string of the molecule is COC1=CC(C=Cc2ccc(O)cc2)CC(OC)=C1O. The first kappa shape index (κ1) is 14.1. The van der Waals surface area contributed by atoms with E-state index in [4.69, 9.17) is 9.47 Å². The van der Waals surface area contributed by atoms with Crippen LogP contribution in [0.15, 0.2) is 53.7 Å². The summed E-state index contributed by atoms with van der Waals surface area (Å²) in [6, 6.07) is 6.95. The maximum atomic E-state index is 9.87. The lowest BCUT2D eigenvalue weighted by Gasteiger charge is -2.20. The van der Waals surface area contributed by atoms with Gasteiger partial charge in [0.05, 0.1) is 14.2 Å². The first-order valence-electron chi connectivity index (χ1n) is 6.33. The molecule has 2 rings (SSSR count). The number of methoxy groups -OCH3 is 2. The molecule has 0 radical (unpaired) electrons. The van der Waals surface area contributed by atoms with Crippen molar-refractivity contribution in [3.05, 3.63) is 59.3 Å². The van der Waals surface area contributed by atoms with Gasteiger partial charge in [-0.15, -0.1) is 0 Å². The fourth-order valence-electron chi connectivity index (χ4n) is 2.07. The number of phenols is 1. The van der Waals surface area contributed by atoms with E-state index in [2.05, 4.69) is 0 Å². The molecule has 1 aliphatic rings. The second kappa shape index (κ2) is 6.19. The molecule has 0 aromatic heterocycles. The normalized spacial score (nSPS) is 19.1. The van der Waals surface area contributed by atoms with Crippen LogP contribution in [0.3, 0.4) is 0 Å². The summed E-state index contributed by atoms with van der Waals surface area (Å²) < 4.78 is 10.3. The lowest BCUT2D eigenvalue weighted by Crippen LogP contribution is -2.10. The van der Waals surface area contributed by atoms with Gasteiger partial charge in [0.1, 0.15) is 11.5 Å². The Labute approximate surface area is 118 Å². The fourth-order valence-corrected chi connectivity index (χ4v) is 2.07. The zero-order valence-electron chi connectivity index (χ0n) is 11.5. The zero-order chi connectivity index (χ0) is 14.5. The Balaban J connectivity index is 2.14. The lowest BCUT2D eigenvalue weighted by molar-refractivity contribution is 0.196. The largest absolute Gasteiger partial charge is 0.508 e. The van der Waals surface area contributed by atoms with Crippen LogP contribution in [0.1, 0.15) is 12.0 Å². The van der Waals surface area contributed by atoms with E-state index in [-0.39, 0.29) is 17.4 Å². The van der Waals surface area contributed by atoms with Crippen molar-refractivity contribution in [2.45, 2.75) is 6.42 Å². The minimum Gasteiger partial charge on any atom is -0.508 e. The summed E-state index contributed by atoms with van der Waals surface area (Å²) in [5.74, 6) is 1.34. The van der Waals surface area contributed by atoms with Crippen LogP contribution in [-0.2, 0) is 9.47 Å². The van der Waals surface area contributed by atoms with Crippen molar-refractivity contribution < 1.29 is 19.7 Å². The molecular formula is C16H18O4. The summed E-state index contributed by atoms with van der Waals surface area (Å²) >= 11 is 0. The number of ether oxygens (including phenoxy) is 2. The Hall–Kier alpha value is -2.36. The van der Waals surface area contributed by atoms with Gasteiger partial charge in [-0.1, -0.05) is 24.3 Å². The summed E-state index contributed by atoms with van der Waals surface area (Å²) in [7, 11) is 3.05. The standard InChI is InChI=1S/C16H18O4/c1-19-14-9-12(10-15(20-2)16(14)18)4-3-11-5-7-13(17)8-6-11/h3-9,12,17-18H,10H2,1-2H3. The van der Waals surface area contributed by atoms with Crippen molar-refractivity contribution in [3.8, 4) is 5.75 Å². The molecule has 4 nitrogen and oxygen atoms in total. The van der Waals surface area contributed by atoms with E-state index in [1.165, 1.54) is 14.2 Å². The molecule has 20 heavy (non-hydrogen) atoms. The smallest absolute Gasteiger partial charge is 0.196 e. The number of rotatable bonds is 4. The van der Waals surface area contributed by atoms with Crippen LogP contribution >= 0.6 is 0 Å². The Bertz CT molecular complexity index is 552. The van der Waals surface area contributed by atoms with Gasteiger partial charge < -0.3 is 19.7 Å². The number of hydrogen-bond acceptors (Lipinski definition) is 4. The molecule has 1 atom stereocenters. The van der Waals surface area contributed by atoms with E-state index < -0.39 is 0 Å². The summed E-state index contributed by atoms with van der Waals surface area (Å²) in [4.78, 5) is 0. The first-order chi connectivity index (χ1) is 9.63. The van der Waals surface area contributed by atoms with E-state index in [1.807, 2.05) is 30.4 Å². The van der Waals surface area contributed by atoms with Gasteiger partial charge in [0.15, 0.2) is 11.5 Å². The molecule has 0 saturated carbocycles. The number of aliphatic hydroxyl groups is 1. The van der Waals surface area contributed by atoms with Crippen LogP contribution in [0.5, 0.6) is 5.75 Å². The third-order valence-corrected chi connectivity index (χ3v) is 3.18. The zero-order valence-corrected chi connectivity index (χ0v) is 11.5. The minimum absolute atomic E-state index is 0.0595. The van der Waals surface area contributed by atoms with Crippen LogP contribution < -0.4 is 0 Å². The Kier molecular flexibility index (Phi) is 4.35. The lowest BCUT2D eigenvalue weighted by atomic mass is 9.96. The van der Waals surface area contributed by atoms with E-state index >= 15 is 0 Å². The van der Waals surface area contributed by atoms with Crippen LogP contribution in [0.2, 0.25) is 0 Å². The molecule has 106 valence electrons. The first-order valence-corrected chi connectivity index (χ1v) is 6.33. The van der Waals surface area contributed by atoms with Crippen LogP contribution in [-0.4, -0.2) is 24.4 Å². The number of benzene rings is 1. The van der Waals surface area contributed by atoms with Crippen molar-refractivity contribution in [3.63, 3.8) is 0 Å². The molecule has 0 fully saturated rings. The van der Waals surface area contributed by atoms with Gasteiger partial charge in [-0.3, -0.25) is 0 Å². The van der Waals surface area contributed by atoms with Gasteiger partial charge in [0.25, 0.3) is 0 Å². The monoisotopic (exact) mass is 274 g/mol. The van der Waals surface area contributed by atoms with E-state index in [0.717, 1.165) is 5.56 Å². The van der Waals surface area contributed by atoms with E-state index in [9.17, 15) is 10.2 Å². The predicted molar refractivity (Wildman–Crippen MR) is 77.0 cm³/mol. The van der Waals surface area contributed by atoms with E-state index in [1.54, 1.807) is 12.1 Å². The van der Waals surface area contributed by atoms with E-state index in [0.29, 0.717) is 17.9 Å². The highest BCUT2D eigenvalue weighted by Gasteiger charge is 2.21. The van der Waals surface area contributed by atoms with Gasteiger partial charge in [0, 0.05) is 12.3 Å². The molecule has 0 aliphatic heterocycles. The average Bonchev–Trinajstić information content (AvgIpc) is 2.47. The molecular weight excluding hydrogens is 256 g/mol. The summed E-state index contributed by atoms with van der Waals surface area (Å²) in [5, 5.41) is 19.1. The van der Waals surface area contributed by atoms with Gasteiger partial charge in [0.2, 0.25) is 0 Å². The van der Waals surface area contributed by atoms with Crippen molar-refractivity contribution >= 4 is 6.08 Å². The van der Waals surface area contributed by atoms with Crippen molar-refractivity contribution in [2.75, 3.05) is 14.2 Å². The topological polar surface area (TPSA) is 58.9 Å². The molecule has 1 aromatic rings. The molecule has 1 aliphatic carbocycles. The predicted octanol–water partition coefficient (Wildman–Crippen LogP) is 3.37. The fraction of sp³-hybridized carbons (Fsp3) is 0.250. The second-order valence-corrected chi connectivity index (χ2v) is 4.53. The van der Waals surface area contributed by atoms with Crippen LogP contribution in [0.4, 0.5) is 0 Å². The molecule has 0 bridgehead atoms. The average molecular weight is 274 g/mol. The summed E-state index contributed by atoms with van der Waals surface area (Å²) in [5.41, 5.74) is 0.993. The van der Waals surface area contributed by atoms with Crippen LogP contribution in [0, 0.1) is 5.92 Å². The third-order valence-electron chi connectivity index (χ3n) is 3.18. The highest BCUT2D eigenvalue weighted by molar-refractivity contribution is 5.51. The molecule has 0 saturated heterocycles. The maximum absolute atomic E-state index is 9.87. The molecule has 1 unspecified atom stereocenters. The molecule has 4 heteroatoms. The number of aromatic hydroxyl groups is 1. The molecule has 0 amide bonds. The molecule has 0 spiro atoms. The maximum Gasteiger partial charge on any atom is 0.196 e. The van der Waals surface area contributed by atoms with Gasteiger partial charge in [-0.05, 0) is 23.8 Å². The molecule has 2 N–H and O–H groups in total. The summed E-state index contributed by atoms with van der Waals surface area (Å²) in [6.07, 6.45) is 6.42. The number of hydrogen-bond donors (Lipinski definition) is 2. The molecule has 1 aromatic carbocycles. The molecule has 0 heterocycles. The third kappa shape index (κ3) is 3.15. The number of phenolic OH excluding ortho intramolecular Hbond substituents is 1. The van der Waals surface area contributed by atoms with Crippen molar-refractivity contribution in [1.29, 1.82) is 0 Å². The Morgan fingerprint density at radius 2 is 1.80 bits per heavy atom. The highest BCUT2D eigenvalue weighted by atomic mass is 16.5. The van der Waals surface area contributed by atoms with Gasteiger partial charge >= 0.3 is 0 Å². The quantitative estimate of drug-likeness (QED) is 0.883. The Morgan fingerprint density at radius 3 is 2.40 bits per heavy atom. The van der Waals surface area contributed by atoms with Crippen LogP contribution in [0.25, 0.3) is 6.08 Å². The number of allylic oxidation sites excluding steroid dienone is 3. The number of aliphatic hydroxyl groups excluding tert-OH is 1. The second-order valence-electron chi connectivity index (χ2n) is 4.53. The summed E-state index contributed by atoms with van der Waals surface area (Å²) in [6.45, 7) is 0. The Morgan fingerprint density at radius 1 is 1.10 bits per heavy atom. The van der Waals surface area contributed by atoms with Gasteiger partial charge in [-0.2, -0.15) is 0 Å².